The van der Waals surface area contributed by atoms with Crippen LogP contribution in [0.1, 0.15) is 19.3 Å². The summed E-state index contributed by atoms with van der Waals surface area (Å²) in [4.78, 5) is 10.3. The van der Waals surface area contributed by atoms with Crippen molar-refractivity contribution in [3.05, 3.63) is 0 Å². The lowest BCUT2D eigenvalue weighted by Crippen LogP contribution is -2.38. The quantitative estimate of drug-likeness (QED) is 0.680. The van der Waals surface area contributed by atoms with E-state index in [-0.39, 0.29) is 30.7 Å². The summed E-state index contributed by atoms with van der Waals surface area (Å²) in [6.07, 6.45) is 2.47. The van der Waals surface area contributed by atoms with Gasteiger partial charge in [-0.1, -0.05) is 0 Å². The predicted molar refractivity (Wildman–Crippen MR) is 49.0 cm³/mol. The smallest absolute Gasteiger partial charge is 0.217 e. The van der Waals surface area contributed by atoms with Crippen LogP contribution < -0.4 is 11.5 Å². The molecule has 0 heterocycles. The number of hydrogen-bond donors (Lipinski definition) is 2. The number of carbonyl (C=O) groups is 1. The highest BCUT2D eigenvalue weighted by molar-refractivity contribution is 5.85. The van der Waals surface area contributed by atoms with Crippen LogP contribution in [0.15, 0.2) is 0 Å². The lowest BCUT2D eigenvalue weighted by Gasteiger charge is -2.31. The van der Waals surface area contributed by atoms with E-state index in [4.69, 9.17) is 11.5 Å². The molecular weight excluding hydrogens is 187 g/mol. The van der Waals surface area contributed by atoms with Crippen molar-refractivity contribution in [3.63, 3.8) is 0 Å². The zero-order chi connectivity index (χ0) is 6.85. The van der Waals surface area contributed by atoms with Crippen LogP contribution >= 0.6 is 24.8 Å². The van der Waals surface area contributed by atoms with Gasteiger partial charge in [0.2, 0.25) is 5.91 Å². The summed E-state index contributed by atoms with van der Waals surface area (Å²) >= 11 is 0. The van der Waals surface area contributed by atoms with Crippen LogP contribution in [0.2, 0.25) is 0 Å². The molecule has 0 saturated heterocycles. The second-order valence-electron chi connectivity index (χ2n) is 2.77. The molecule has 0 atom stereocenters. The lowest BCUT2D eigenvalue weighted by atomic mass is 9.79. The van der Waals surface area contributed by atoms with Gasteiger partial charge in [-0.3, -0.25) is 4.79 Å². The van der Waals surface area contributed by atoms with Gasteiger partial charge in [0.1, 0.15) is 0 Å². The maximum Gasteiger partial charge on any atom is 0.217 e. The normalized spacial score (nSPS) is 27.4. The Hall–Kier alpha value is 0.01000. The standard InChI is InChI=1S/C6H12N2O.2ClH/c7-5-1-4(2-5)3-6(8)9;;/h4-5H,1-3,7H2,(H2,8,9);2*1H. The van der Waals surface area contributed by atoms with E-state index in [1.54, 1.807) is 0 Å². The lowest BCUT2D eigenvalue weighted by molar-refractivity contribution is -0.119. The van der Waals surface area contributed by atoms with E-state index < -0.39 is 0 Å². The van der Waals surface area contributed by atoms with E-state index in [1.165, 1.54) is 0 Å². The second-order valence-corrected chi connectivity index (χ2v) is 2.77. The van der Waals surface area contributed by atoms with E-state index in [0.717, 1.165) is 12.8 Å². The molecule has 4 N–H and O–H groups in total. The number of halogens is 2. The van der Waals surface area contributed by atoms with Crippen molar-refractivity contribution in [1.29, 1.82) is 0 Å². The summed E-state index contributed by atoms with van der Waals surface area (Å²) in [5, 5.41) is 0. The third-order valence-corrected chi connectivity index (χ3v) is 1.76. The van der Waals surface area contributed by atoms with Crippen molar-refractivity contribution in [2.24, 2.45) is 17.4 Å². The highest BCUT2D eigenvalue weighted by atomic mass is 35.5. The van der Waals surface area contributed by atoms with Crippen molar-refractivity contribution in [1.82, 2.24) is 0 Å². The van der Waals surface area contributed by atoms with Crippen molar-refractivity contribution < 1.29 is 4.79 Å². The zero-order valence-corrected chi connectivity index (χ0v) is 7.79. The first-order valence-corrected chi connectivity index (χ1v) is 3.22. The summed E-state index contributed by atoms with van der Waals surface area (Å²) in [6, 6.07) is 0.328. The van der Waals surface area contributed by atoms with Crippen LogP contribution in [-0.2, 0) is 4.79 Å². The maximum absolute atomic E-state index is 10.3. The minimum atomic E-state index is -0.202. The Labute approximate surface area is 78.7 Å². The van der Waals surface area contributed by atoms with Crippen LogP contribution in [0.25, 0.3) is 0 Å². The van der Waals surface area contributed by atoms with Gasteiger partial charge in [-0.25, -0.2) is 0 Å². The molecule has 0 aromatic rings. The Morgan fingerprint density at radius 3 is 2.09 bits per heavy atom. The molecule has 1 fully saturated rings. The maximum atomic E-state index is 10.3. The molecular formula is C6H14Cl2N2O. The molecule has 0 unspecified atom stereocenters. The van der Waals surface area contributed by atoms with Gasteiger partial charge in [-0.2, -0.15) is 0 Å². The van der Waals surface area contributed by atoms with Gasteiger partial charge >= 0.3 is 0 Å². The monoisotopic (exact) mass is 200 g/mol. The van der Waals surface area contributed by atoms with Gasteiger partial charge in [0.05, 0.1) is 0 Å². The molecule has 0 aromatic carbocycles. The molecule has 0 aliphatic heterocycles. The average Bonchev–Trinajstić information content (AvgIpc) is 1.60. The first kappa shape index (κ1) is 13.6. The molecule has 0 bridgehead atoms. The number of nitrogens with two attached hydrogens (primary N) is 2. The minimum absolute atomic E-state index is 0. The fraction of sp³-hybridized carbons (Fsp3) is 0.833. The molecule has 0 spiro atoms. The van der Waals surface area contributed by atoms with Gasteiger partial charge in [-0.15, -0.1) is 24.8 Å². The Morgan fingerprint density at radius 2 is 1.82 bits per heavy atom. The topological polar surface area (TPSA) is 69.1 Å². The largest absolute Gasteiger partial charge is 0.370 e. The number of rotatable bonds is 2. The summed E-state index contributed by atoms with van der Waals surface area (Å²) < 4.78 is 0. The van der Waals surface area contributed by atoms with Crippen molar-refractivity contribution in [2.45, 2.75) is 25.3 Å². The fourth-order valence-corrected chi connectivity index (χ4v) is 1.24. The van der Waals surface area contributed by atoms with Gasteiger partial charge in [0, 0.05) is 12.5 Å². The van der Waals surface area contributed by atoms with Gasteiger partial charge in [0.15, 0.2) is 0 Å². The van der Waals surface area contributed by atoms with E-state index >= 15 is 0 Å². The highest BCUT2D eigenvalue weighted by Gasteiger charge is 2.26. The minimum Gasteiger partial charge on any atom is -0.370 e. The number of carbonyl (C=O) groups excluding carboxylic acids is 1. The SMILES string of the molecule is Cl.Cl.NC(=O)CC1CC(N)C1. The van der Waals surface area contributed by atoms with Crippen LogP contribution in [0.3, 0.4) is 0 Å². The van der Waals surface area contributed by atoms with Crippen molar-refractivity contribution >= 4 is 30.7 Å². The summed E-state index contributed by atoms with van der Waals surface area (Å²) in [6.45, 7) is 0. The first-order valence-electron chi connectivity index (χ1n) is 3.22. The van der Waals surface area contributed by atoms with Crippen LogP contribution in [-0.4, -0.2) is 11.9 Å². The predicted octanol–water partition coefficient (Wildman–Crippen LogP) is 0.443. The molecule has 68 valence electrons. The van der Waals surface area contributed by atoms with Crippen LogP contribution in [0, 0.1) is 5.92 Å². The van der Waals surface area contributed by atoms with Gasteiger partial charge in [0.25, 0.3) is 0 Å². The second kappa shape index (κ2) is 5.63. The van der Waals surface area contributed by atoms with E-state index in [2.05, 4.69) is 0 Å². The van der Waals surface area contributed by atoms with E-state index in [0.29, 0.717) is 18.4 Å². The van der Waals surface area contributed by atoms with E-state index in [9.17, 15) is 4.79 Å². The molecule has 5 heteroatoms. The number of amides is 1. The molecule has 0 aromatic heterocycles. The molecule has 1 aliphatic carbocycles. The Balaban J connectivity index is 0. The van der Waals surface area contributed by atoms with Crippen molar-refractivity contribution in [3.8, 4) is 0 Å². The molecule has 3 nitrogen and oxygen atoms in total. The molecule has 0 radical (unpaired) electrons. The van der Waals surface area contributed by atoms with Gasteiger partial charge in [-0.05, 0) is 18.8 Å². The van der Waals surface area contributed by atoms with Gasteiger partial charge < -0.3 is 11.5 Å². The Kier molecular flexibility index (Phi) is 6.96. The third kappa shape index (κ3) is 4.45. The molecule has 1 amide bonds. The number of hydrogen-bond acceptors (Lipinski definition) is 2. The molecule has 1 rings (SSSR count). The van der Waals surface area contributed by atoms with Crippen molar-refractivity contribution in [2.75, 3.05) is 0 Å². The Morgan fingerprint density at radius 1 is 1.36 bits per heavy atom. The summed E-state index contributed by atoms with van der Waals surface area (Å²) in [5.74, 6) is 0.282. The average molecular weight is 201 g/mol. The van der Waals surface area contributed by atoms with Crippen LogP contribution in [0.5, 0.6) is 0 Å². The first-order chi connectivity index (χ1) is 4.18. The fourth-order valence-electron chi connectivity index (χ4n) is 1.24. The molecule has 11 heavy (non-hydrogen) atoms. The zero-order valence-electron chi connectivity index (χ0n) is 6.16. The summed E-state index contributed by atoms with van der Waals surface area (Å²) in [7, 11) is 0. The third-order valence-electron chi connectivity index (χ3n) is 1.76. The number of primary amides is 1. The van der Waals surface area contributed by atoms with E-state index in [1.807, 2.05) is 0 Å². The highest BCUT2D eigenvalue weighted by Crippen LogP contribution is 2.27. The molecule has 1 aliphatic rings. The molecule has 1 saturated carbocycles. The summed E-state index contributed by atoms with van der Waals surface area (Å²) in [5.41, 5.74) is 10.5. The Bertz CT molecular complexity index is 126. The van der Waals surface area contributed by atoms with Crippen LogP contribution in [0.4, 0.5) is 0 Å².